The number of rotatable bonds is 3. The minimum atomic E-state index is -0.276. The van der Waals surface area contributed by atoms with E-state index in [0.717, 1.165) is 0 Å². The molecule has 134 valence electrons. The summed E-state index contributed by atoms with van der Waals surface area (Å²) < 4.78 is 0. The third-order valence-electron chi connectivity index (χ3n) is 3.79. The van der Waals surface area contributed by atoms with Crippen molar-refractivity contribution in [3.8, 4) is 22.3 Å². The molecule has 3 aromatic rings. The zero-order valence-corrected chi connectivity index (χ0v) is 17.4. The van der Waals surface area contributed by atoms with Gasteiger partial charge in [0.05, 0.1) is 42.4 Å². The molecule has 0 amide bonds. The average Bonchev–Trinajstić information content (AvgIpc) is 2.64. The van der Waals surface area contributed by atoms with Crippen molar-refractivity contribution >= 4 is 69.6 Å². The van der Waals surface area contributed by atoms with Crippen LogP contribution in [-0.4, -0.2) is 10.1 Å². The normalized spacial score (nSPS) is 11.0. The van der Waals surface area contributed by atoms with E-state index in [4.69, 9.17) is 69.6 Å². The molecule has 0 fully saturated rings. The van der Waals surface area contributed by atoms with Gasteiger partial charge < -0.3 is 5.11 Å². The number of benzene rings is 2. The molecule has 0 spiro atoms. The first-order chi connectivity index (χ1) is 12.3. The van der Waals surface area contributed by atoms with E-state index in [1.807, 2.05) is 0 Å². The number of hydrogen-bond donors (Lipinski definition) is 1. The molecular formula is C18H9Cl6NO. The molecule has 8 heteroatoms. The van der Waals surface area contributed by atoms with Gasteiger partial charge in [0.15, 0.2) is 0 Å². The fraction of sp³-hybridized carbons (Fsp3) is 0.0556. The predicted molar refractivity (Wildman–Crippen MR) is 111 cm³/mol. The molecule has 1 N–H and O–H groups in total. The van der Waals surface area contributed by atoms with Crippen LogP contribution in [0.15, 0.2) is 36.5 Å². The van der Waals surface area contributed by atoms with Gasteiger partial charge in [-0.05, 0) is 18.2 Å². The summed E-state index contributed by atoms with van der Waals surface area (Å²) in [6, 6.07) is 8.54. The maximum absolute atomic E-state index is 9.66. The highest BCUT2D eigenvalue weighted by Crippen LogP contribution is 2.42. The van der Waals surface area contributed by atoms with Crippen LogP contribution >= 0.6 is 69.6 Å². The van der Waals surface area contributed by atoms with Crippen molar-refractivity contribution < 1.29 is 5.11 Å². The zero-order chi connectivity index (χ0) is 19.0. The standard InChI is InChI=1S/C18H9Cl6NO/c19-12-3-1-9(15(21)17(12)23)8-5-11(14(7-26)25-6-8)10-2-4-13(20)18(24)16(10)22/h1-6,26H,7H2. The molecule has 1 heterocycles. The predicted octanol–water partition coefficient (Wildman–Crippen LogP) is 7.83. The first-order valence-electron chi connectivity index (χ1n) is 7.22. The van der Waals surface area contributed by atoms with E-state index in [1.165, 1.54) is 0 Å². The highest BCUT2D eigenvalue weighted by Gasteiger charge is 2.17. The molecular weight excluding hydrogens is 459 g/mol. The second-order valence-electron chi connectivity index (χ2n) is 5.32. The van der Waals surface area contributed by atoms with Crippen molar-refractivity contribution in [1.29, 1.82) is 0 Å². The van der Waals surface area contributed by atoms with Crippen LogP contribution in [0.5, 0.6) is 0 Å². The van der Waals surface area contributed by atoms with Crippen molar-refractivity contribution in [1.82, 2.24) is 4.98 Å². The van der Waals surface area contributed by atoms with Crippen molar-refractivity contribution in [2.24, 2.45) is 0 Å². The number of halogens is 6. The second-order valence-corrected chi connectivity index (χ2v) is 7.65. The SMILES string of the molecule is OCc1ncc(-c2ccc(Cl)c(Cl)c2Cl)cc1-c1ccc(Cl)c(Cl)c1Cl. The number of aliphatic hydroxyl groups is 1. The summed E-state index contributed by atoms with van der Waals surface area (Å²) in [5, 5.41) is 11.4. The van der Waals surface area contributed by atoms with Crippen molar-refractivity contribution in [2.45, 2.75) is 6.61 Å². The van der Waals surface area contributed by atoms with Gasteiger partial charge >= 0.3 is 0 Å². The van der Waals surface area contributed by atoms with E-state index in [-0.39, 0.29) is 21.7 Å². The van der Waals surface area contributed by atoms with Gasteiger partial charge in [-0.3, -0.25) is 4.98 Å². The number of aliphatic hydroxyl groups excluding tert-OH is 1. The molecule has 0 radical (unpaired) electrons. The third-order valence-corrected chi connectivity index (χ3v) is 6.38. The zero-order valence-electron chi connectivity index (χ0n) is 12.8. The second kappa shape index (κ2) is 8.12. The van der Waals surface area contributed by atoms with Crippen LogP contribution in [0, 0.1) is 0 Å². The van der Waals surface area contributed by atoms with Gasteiger partial charge in [0.1, 0.15) is 0 Å². The van der Waals surface area contributed by atoms with Crippen LogP contribution in [0.1, 0.15) is 5.69 Å². The van der Waals surface area contributed by atoms with Gasteiger partial charge in [0, 0.05) is 28.5 Å². The van der Waals surface area contributed by atoms with Gasteiger partial charge in [-0.1, -0.05) is 81.7 Å². The summed E-state index contributed by atoms with van der Waals surface area (Å²) in [4.78, 5) is 4.32. The van der Waals surface area contributed by atoms with Crippen molar-refractivity contribution in [2.75, 3.05) is 0 Å². The Morgan fingerprint density at radius 3 is 1.81 bits per heavy atom. The van der Waals surface area contributed by atoms with Crippen LogP contribution in [0.4, 0.5) is 0 Å². The Morgan fingerprint density at radius 2 is 1.23 bits per heavy atom. The lowest BCUT2D eigenvalue weighted by molar-refractivity contribution is 0.277. The molecule has 2 aromatic carbocycles. The van der Waals surface area contributed by atoms with Crippen LogP contribution in [0.25, 0.3) is 22.3 Å². The molecule has 0 atom stereocenters. The first-order valence-corrected chi connectivity index (χ1v) is 9.49. The van der Waals surface area contributed by atoms with E-state index in [0.29, 0.717) is 43.0 Å². The number of pyridine rings is 1. The monoisotopic (exact) mass is 465 g/mol. The Balaban J connectivity index is 2.24. The Labute approximate surface area is 180 Å². The quantitative estimate of drug-likeness (QED) is 0.398. The smallest absolute Gasteiger partial charge is 0.0859 e. The van der Waals surface area contributed by atoms with E-state index in [2.05, 4.69) is 4.98 Å². The topological polar surface area (TPSA) is 33.1 Å². The summed E-state index contributed by atoms with van der Waals surface area (Å²) in [6.45, 7) is -0.276. The van der Waals surface area contributed by atoms with Crippen LogP contribution in [0.3, 0.4) is 0 Å². The molecule has 0 aliphatic heterocycles. The molecule has 3 rings (SSSR count). The van der Waals surface area contributed by atoms with Gasteiger partial charge in [-0.25, -0.2) is 0 Å². The van der Waals surface area contributed by atoms with Gasteiger partial charge in [0.2, 0.25) is 0 Å². The van der Waals surface area contributed by atoms with Crippen molar-refractivity contribution in [3.05, 3.63) is 72.4 Å². The molecule has 0 saturated carbocycles. The van der Waals surface area contributed by atoms with Gasteiger partial charge in [0.25, 0.3) is 0 Å². The third kappa shape index (κ3) is 3.65. The van der Waals surface area contributed by atoms with Gasteiger partial charge in [-0.2, -0.15) is 0 Å². The lowest BCUT2D eigenvalue weighted by Crippen LogP contribution is -1.96. The van der Waals surface area contributed by atoms with E-state index >= 15 is 0 Å². The molecule has 0 aliphatic rings. The Kier molecular flexibility index (Phi) is 6.25. The number of hydrogen-bond acceptors (Lipinski definition) is 2. The summed E-state index contributed by atoms with van der Waals surface area (Å²) in [5.41, 5.74) is 2.97. The largest absolute Gasteiger partial charge is 0.390 e. The highest BCUT2D eigenvalue weighted by atomic mass is 35.5. The highest BCUT2D eigenvalue weighted by molar-refractivity contribution is 6.50. The number of aromatic nitrogens is 1. The van der Waals surface area contributed by atoms with Crippen LogP contribution < -0.4 is 0 Å². The average molecular weight is 468 g/mol. The molecule has 0 bridgehead atoms. The first kappa shape index (κ1) is 20.0. The van der Waals surface area contributed by atoms with E-state index < -0.39 is 0 Å². The Bertz CT molecular complexity index is 1010. The van der Waals surface area contributed by atoms with Crippen LogP contribution in [-0.2, 0) is 6.61 Å². The maximum atomic E-state index is 9.66. The fourth-order valence-electron chi connectivity index (χ4n) is 2.48. The van der Waals surface area contributed by atoms with Crippen molar-refractivity contribution in [3.63, 3.8) is 0 Å². The van der Waals surface area contributed by atoms with Gasteiger partial charge in [-0.15, -0.1) is 0 Å². The molecule has 0 saturated heterocycles. The minimum Gasteiger partial charge on any atom is -0.390 e. The number of nitrogens with zero attached hydrogens (tertiary/aromatic N) is 1. The Morgan fingerprint density at radius 1 is 0.692 bits per heavy atom. The lowest BCUT2D eigenvalue weighted by Gasteiger charge is -2.14. The summed E-state index contributed by atoms with van der Waals surface area (Å²) in [6.07, 6.45) is 1.59. The van der Waals surface area contributed by atoms with Crippen LogP contribution in [0.2, 0.25) is 30.1 Å². The molecule has 2 nitrogen and oxygen atoms in total. The summed E-state index contributed by atoms with van der Waals surface area (Å²) >= 11 is 36.9. The molecule has 0 unspecified atom stereocenters. The Hall–Kier alpha value is -0.710. The molecule has 26 heavy (non-hydrogen) atoms. The lowest BCUT2D eigenvalue weighted by atomic mass is 9.99. The fourth-order valence-corrected chi connectivity index (χ4v) is 3.76. The summed E-state index contributed by atoms with van der Waals surface area (Å²) in [7, 11) is 0. The van der Waals surface area contributed by atoms with E-state index in [1.54, 1.807) is 36.5 Å². The minimum absolute atomic E-state index is 0.229. The molecule has 0 aliphatic carbocycles. The molecule has 1 aromatic heterocycles. The maximum Gasteiger partial charge on any atom is 0.0859 e. The van der Waals surface area contributed by atoms with E-state index in [9.17, 15) is 5.11 Å². The summed E-state index contributed by atoms with van der Waals surface area (Å²) in [5.74, 6) is 0.